The molecule has 0 atom stereocenters. The van der Waals surface area contributed by atoms with Crippen molar-refractivity contribution in [2.24, 2.45) is 0 Å². The Morgan fingerprint density at radius 3 is 2.65 bits per heavy atom. The van der Waals surface area contributed by atoms with Crippen LogP contribution >= 0.6 is 0 Å². The van der Waals surface area contributed by atoms with Crippen LogP contribution in [-0.4, -0.2) is 19.2 Å². The second-order valence-corrected chi connectivity index (χ2v) is 4.31. The average molecular weight is 276 g/mol. The van der Waals surface area contributed by atoms with Gasteiger partial charge >= 0.3 is 0 Å². The Morgan fingerprint density at radius 2 is 2.00 bits per heavy atom. The van der Waals surface area contributed by atoms with E-state index in [9.17, 15) is 4.39 Å². The summed E-state index contributed by atoms with van der Waals surface area (Å²) < 4.78 is 23.6. The molecule has 1 heterocycles. The van der Waals surface area contributed by atoms with E-state index in [-0.39, 0.29) is 5.82 Å². The molecule has 1 aromatic heterocycles. The first-order valence-electron chi connectivity index (χ1n) is 6.21. The minimum atomic E-state index is -0.245. The number of nitrogens with zero attached hydrogens (tertiary/aromatic N) is 1. The van der Waals surface area contributed by atoms with Gasteiger partial charge < -0.3 is 14.8 Å². The summed E-state index contributed by atoms with van der Waals surface area (Å²) in [6.45, 7) is 2.31. The van der Waals surface area contributed by atoms with Gasteiger partial charge in [-0.2, -0.15) is 0 Å². The molecule has 2 aromatic rings. The lowest BCUT2D eigenvalue weighted by molar-refractivity contribution is 0.350. The standard InChI is InChI=1S/C15H17FN2O2/c1-10-8-11(16)4-5-12(10)18-9-13-15(20-3)14(19-2)6-7-17-13/h4-8,18H,9H2,1-3H3. The van der Waals surface area contributed by atoms with Crippen LogP contribution in [0.3, 0.4) is 0 Å². The molecular formula is C15H17FN2O2. The predicted octanol–water partition coefficient (Wildman–Crippen LogP) is 3.16. The molecule has 1 aromatic carbocycles. The fraction of sp³-hybridized carbons (Fsp3) is 0.267. The lowest BCUT2D eigenvalue weighted by atomic mass is 10.2. The largest absolute Gasteiger partial charge is 0.493 e. The van der Waals surface area contributed by atoms with Crippen molar-refractivity contribution in [3.05, 3.63) is 47.5 Å². The summed E-state index contributed by atoms with van der Waals surface area (Å²) in [4.78, 5) is 4.28. The summed E-state index contributed by atoms with van der Waals surface area (Å²) in [7, 11) is 3.16. The third kappa shape index (κ3) is 2.99. The molecule has 4 nitrogen and oxygen atoms in total. The highest BCUT2D eigenvalue weighted by atomic mass is 19.1. The van der Waals surface area contributed by atoms with Gasteiger partial charge in [-0.25, -0.2) is 4.39 Å². The topological polar surface area (TPSA) is 43.4 Å². The molecule has 106 valence electrons. The third-order valence-corrected chi connectivity index (χ3v) is 3.00. The number of rotatable bonds is 5. The number of nitrogens with one attached hydrogen (secondary N) is 1. The van der Waals surface area contributed by atoms with Gasteiger partial charge in [-0.3, -0.25) is 4.98 Å². The van der Waals surface area contributed by atoms with Crippen molar-refractivity contribution < 1.29 is 13.9 Å². The molecule has 0 amide bonds. The Bertz CT molecular complexity index is 602. The Morgan fingerprint density at radius 1 is 1.20 bits per heavy atom. The first kappa shape index (κ1) is 14.1. The van der Waals surface area contributed by atoms with Crippen molar-refractivity contribution in [3.63, 3.8) is 0 Å². The SMILES string of the molecule is COc1ccnc(CNc2ccc(F)cc2C)c1OC. The first-order chi connectivity index (χ1) is 9.65. The van der Waals surface area contributed by atoms with Gasteiger partial charge in [0.1, 0.15) is 11.5 Å². The molecule has 0 unspecified atom stereocenters. The zero-order chi connectivity index (χ0) is 14.5. The van der Waals surface area contributed by atoms with Crippen LogP contribution in [0.5, 0.6) is 11.5 Å². The van der Waals surface area contributed by atoms with E-state index in [4.69, 9.17) is 9.47 Å². The molecule has 0 saturated heterocycles. The maximum Gasteiger partial charge on any atom is 0.184 e. The molecular weight excluding hydrogens is 259 g/mol. The molecule has 0 aliphatic carbocycles. The smallest absolute Gasteiger partial charge is 0.184 e. The quantitative estimate of drug-likeness (QED) is 0.911. The van der Waals surface area contributed by atoms with Gasteiger partial charge in [0.25, 0.3) is 0 Å². The van der Waals surface area contributed by atoms with Crippen molar-refractivity contribution in [3.8, 4) is 11.5 Å². The number of aromatic nitrogens is 1. The van der Waals surface area contributed by atoms with E-state index in [1.165, 1.54) is 12.1 Å². The van der Waals surface area contributed by atoms with Crippen LogP contribution in [0.25, 0.3) is 0 Å². The number of methoxy groups -OCH3 is 2. The number of ether oxygens (including phenoxy) is 2. The maximum atomic E-state index is 13.1. The minimum absolute atomic E-state index is 0.245. The van der Waals surface area contributed by atoms with Crippen LogP contribution in [-0.2, 0) is 6.54 Å². The molecule has 1 N–H and O–H groups in total. The molecule has 20 heavy (non-hydrogen) atoms. The van der Waals surface area contributed by atoms with Gasteiger partial charge in [-0.15, -0.1) is 0 Å². The number of hydrogen-bond donors (Lipinski definition) is 1. The van der Waals surface area contributed by atoms with Gasteiger partial charge in [0, 0.05) is 18.0 Å². The number of pyridine rings is 1. The molecule has 0 spiro atoms. The molecule has 5 heteroatoms. The van der Waals surface area contributed by atoms with E-state index in [2.05, 4.69) is 10.3 Å². The van der Waals surface area contributed by atoms with Crippen LogP contribution in [0.4, 0.5) is 10.1 Å². The molecule has 0 fully saturated rings. The van der Waals surface area contributed by atoms with Gasteiger partial charge in [0.15, 0.2) is 11.5 Å². The number of hydrogen-bond acceptors (Lipinski definition) is 4. The van der Waals surface area contributed by atoms with Gasteiger partial charge in [-0.1, -0.05) is 0 Å². The molecule has 0 aliphatic rings. The van der Waals surface area contributed by atoms with Crippen molar-refractivity contribution in [2.45, 2.75) is 13.5 Å². The average Bonchev–Trinajstić information content (AvgIpc) is 2.45. The van der Waals surface area contributed by atoms with Crippen molar-refractivity contribution >= 4 is 5.69 Å². The summed E-state index contributed by atoms with van der Waals surface area (Å²) in [6, 6.07) is 6.35. The van der Waals surface area contributed by atoms with Gasteiger partial charge in [0.05, 0.1) is 20.8 Å². The van der Waals surface area contributed by atoms with E-state index < -0.39 is 0 Å². The van der Waals surface area contributed by atoms with Crippen molar-refractivity contribution in [2.75, 3.05) is 19.5 Å². The molecule has 0 aliphatic heterocycles. The monoisotopic (exact) mass is 276 g/mol. The minimum Gasteiger partial charge on any atom is -0.493 e. The molecule has 0 saturated carbocycles. The molecule has 0 radical (unpaired) electrons. The maximum absolute atomic E-state index is 13.1. The summed E-state index contributed by atoms with van der Waals surface area (Å²) >= 11 is 0. The highest BCUT2D eigenvalue weighted by Crippen LogP contribution is 2.29. The second kappa shape index (κ2) is 6.23. The highest BCUT2D eigenvalue weighted by molar-refractivity contribution is 5.52. The summed E-state index contributed by atoms with van der Waals surface area (Å²) in [5.74, 6) is 0.988. The number of anilines is 1. The second-order valence-electron chi connectivity index (χ2n) is 4.31. The Hall–Kier alpha value is -2.30. The van der Waals surface area contributed by atoms with Crippen LogP contribution < -0.4 is 14.8 Å². The lowest BCUT2D eigenvalue weighted by Crippen LogP contribution is -2.06. The Labute approximate surface area is 117 Å². The highest BCUT2D eigenvalue weighted by Gasteiger charge is 2.11. The molecule has 2 rings (SSSR count). The van der Waals surface area contributed by atoms with Crippen LogP contribution in [0.15, 0.2) is 30.5 Å². The van der Waals surface area contributed by atoms with E-state index in [0.717, 1.165) is 16.9 Å². The first-order valence-corrected chi connectivity index (χ1v) is 6.21. The fourth-order valence-corrected chi connectivity index (χ4v) is 1.98. The predicted molar refractivity (Wildman–Crippen MR) is 75.8 cm³/mol. The fourth-order valence-electron chi connectivity index (χ4n) is 1.98. The lowest BCUT2D eigenvalue weighted by Gasteiger charge is -2.13. The normalized spacial score (nSPS) is 10.2. The third-order valence-electron chi connectivity index (χ3n) is 3.00. The van der Waals surface area contributed by atoms with E-state index in [1.807, 2.05) is 6.92 Å². The van der Waals surface area contributed by atoms with Gasteiger partial charge in [0.2, 0.25) is 0 Å². The van der Waals surface area contributed by atoms with Crippen LogP contribution in [0.1, 0.15) is 11.3 Å². The summed E-state index contributed by atoms with van der Waals surface area (Å²) in [5, 5.41) is 3.22. The van der Waals surface area contributed by atoms with Crippen LogP contribution in [0.2, 0.25) is 0 Å². The number of halogens is 1. The number of aryl methyl sites for hydroxylation is 1. The van der Waals surface area contributed by atoms with Gasteiger partial charge in [-0.05, 0) is 30.7 Å². The Kier molecular flexibility index (Phi) is 4.40. The van der Waals surface area contributed by atoms with E-state index >= 15 is 0 Å². The van der Waals surface area contributed by atoms with Crippen molar-refractivity contribution in [1.82, 2.24) is 4.98 Å². The van der Waals surface area contributed by atoms with E-state index in [0.29, 0.717) is 18.0 Å². The molecule has 0 bridgehead atoms. The van der Waals surface area contributed by atoms with Crippen LogP contribution in [0, 0.1) is 12.7 Å². The Balaban J connectivity index is 2.18. The zero-order valence-electron chi connectivity index (χ0n) is 11.7. The van der Waals surface area contributed by atoms with Crippen molar-refractivity contribution in [1.29, 1.82) is 0 Å². The summed E-state index contributed by atoms with van der Waals surface area (Å²) in [5.41, 5.74) is 2.43. The number of benzene rings is 1. The summed E-state index contributed by atoms with van der Waals surface area (Å²) in [6.07, 6.45) is 1.66. The van der Waals surface area contributed by atoms with E-state index in [1.54, 1.807) is 32.5 Å². The zero-order valence-corrected chi connectivity index (χ0v) is 11.7.